The van der Waals surface area contributed by atoms with Crippen molar-refractivity contribution in [2.24, 2.45) is 0 Å². The third-order valence-electron chi connectivity index (χ3n) is 2.72. The van der Waals surface area contributed by atoms with Gasteiger partial charge in [0.15, 0.2) is 0 Å². The first-order valence-corrected chi connectivity index (χ1v) is 7.35. The maximum Gasteiger partial charge on any atom is 0.341 e. The van der Waals surface area contributed by atoms with E-state index in [1.54, 1.807) is 6.92 Å². The van der Waals surface area contributed by atoms with E-state index in [0.717, 1.165) is 5.56 Å². The molecule has 2 rings (SSSR count). The second kappa shape index (κ2) is 6.90. The van der Waals surface area contributed by atoms with Crippen LogP contribution in [-0.4, -0.2) is 23.6 Å². The van der Waals surface area contributed by atoms with Crippen LogP contribution in [0.1, 0.15) is 22.8 Å². The van der Waals surface area contributed by atoms with Crippen molar-refractivity contribution in [3.63, 3.8) is 0 Å². The number of ether oxygens (including phenoxy) is 1. The summed E-state index contributed by atoms with van der Waals surface area (Å²) < 4.78 is 4.84. The lowest BCUT2D eigenvalue weighted by molar-refractivity contribution is -0.115. The number of rotatable bonds is 5. The molecule has 0 fully saturated rings. The summed E-state index contributed by atoms with van der Waals surface area (Å²) in [7, 11) is 0. The van der Waals surface area contributed by atoms with Crippen LogP contribution in [0.25, 0.3) is 0 Å². The molecule has 1 heterocycles. The number of phenolic OH excluding ortho intramolecular Hbond substituents is 1. The summed E-state index contributed by atoms with van der Waals surface area (Å²) >= 11 is 1.53. The molecule has 0 saturated carbocycles. The van der Waals surface area contributed by atoms with Gasteiger partial charge in [-0.15, -0.1) is 0 Å². The number of hydrogen-bond acceptors (Lipinski definition) is 5. The molecule has 0 saturated heterocycles. The molecule has 0 spiro atoms. The number of nitrogens with one attached hydrogen (secondary N) is 1. The van der Waals surface area contributed by atoms with Gasteiger partial charge >= 0.3 is 5.97 Å². The Labute approximate surface area is 126 Å². The Kier molecular flexibility index (Phi) is 4.94. The average molecular weight is 305 g/mol. The highest BCUT2D eigenvalue weighted by atomic mass is 32.1. The standard InChI is InChI=1S/C15H15NO4S/c1-2-20-15(19)12-8-11(3-4-13(12)17)16-14(18)7-10-5-6-21-9-10/h3-6,8-9,17H,2,7H2,1H3,(H,16,18). The van der Waals surface area contributed by atoms with Gasteiger partial charge in [0.25, 0.3) is 0 Å². The lowest BCUT2D eigenvalue weighted by atomic mass is 10.1. The molecule has 0 aliphatic rings. The number of benzene rings is 1. The van der Waals surface area contributed by atoms with E-state index in [1.165, 1.54) is 29.5 Å². The number of carbonyl (C=O) groups excluding carboxylic acids is 2. The molecule has 1 aromatic heterocycles. The van der Waals surface area contributed by atoms with E-state index in [-0.39, 0.29) is 30.2 Å². The average Bonchev–Trinajstić information content (AvgIpc) is 2.94. The fourth-order valence-corrected chi connectivity index (χ4v) is 2.44. The van der Waals surface area contributed by atoms with Gasteiger partial charge in [-0.25, -0.2) is 4.79 Å². The number of phenols is 1. The zero-order valence-electron chi connectivity index (χ0n) is 11.5. The van der Waals surface area contributed by atoms with Crippen LogP contribution in [0.4, 0.5) is 5.69 Å². The molecule has 1 amide bonds. The number of esters is 1. The summed E-state index contributed by atoms with van der Waals surface area (Å²) in [5.41, 5.74) is 1.41. The topological polar surface area (TPSA) is 75.6 Å². The third-order valence-corrected chi connectivity index (χ3v) is 3.45. The van der Waals surface area contributed by atoms with Crippen molar-refractivity contribution in [2.75, 3.05) is 11.9 Å². The predicted molar refractivity (Wildman–Crippen MR) is 80.7 cm³/mol. The largest absolute Gasteiger partial charge is 0.507 e. The first-order valence-electron chi connectivity index (χ1n) is 6.41. The quantitative estimate of drug-likeness (QED) is 0.658. The Morgan fingerprint density at radius 2 is 2.14 bits per heavy atom. The molecule has 0 atom stereocenters. The smallest absolute Gasteiger partial charge is 0.341 e. The molecule has 21 heavy (non-hydrogen) atoms. The van der Waals surface area contributed by atoms with Crippen molar-refractivity contribution in [2.45, 2.75) is 13.3 Å². The van der Waals surface area contributed by atoms with Crippen LogP contribution < -0.4 is 5.32 Å². The summed E-state index contributed by atoms with van der Waals surface area (Å²) in [5, 5.41) is 16.2. The maximum absolute atomic E-state index is 11.9. The van der Waals surface area contributed by atoms with Crippen LogP contribution in [0.3, 0.4) is 0 Å². The summed E-state index contributed by atoms with van der Waals surface area (Å²) in [4.78, 5) is 23.6. The second-order valence-corrected chi connectivity index (χ2v) is 5.09. The molecule has 1 aromatic carbocycles. The lowest BCUT2D eigenvalue weighted by Crippen LogP contribution is -2.14. The molecule has 2 aromatic rings. The predicted octanol–water partition coefficient (Wildman–Crippen LogP) is 2.81. The van der Waals surface area contributed by atoms with Crippen molar-refractivity contribution < 1.29 is 19.4 Å². The molecule has 0 bridgehead atoms. The molecule has 110 valence electrons. The van der Waals surface area contributed by atoms with E-state index in [4.69, 9.17) is 4.74 Å². The Balaban J connectivity index is 2.08. The van der Waals surface area contributed by atoms with Crippen LogP contribution in [0.2, 0.25) is 0 Å². The summed E-state index contributed by atoms with van der Waals surface area (Å²) in [5.74, 6) is -0.984. The minimum absolute atomic E-state index is 0.0326. The van der Waals surface area contributed by atoms with Gasteiger partial charge in [0, 0.05) is 5.69 Å². The van der Waals surface area contributed by atoms with Gasteiger partial charge in [-0.3, -0.25) is 4.79 Å². The zero-order chi connectivity index (χ0) is 15.2. The second-order valence-electron chi connectivity index (χ2n) is 4.31. The summed E-state index contributed by atoms with van der Waals surface area (Å²) in [6.45, 7) is 1.90. The molecular formula is C15H15NO4S. The van der Waals surface area contributed by atoms with Crippen LogP contribution in [0, 0.1) is 0 Å². The molecule has 0 unspecified atom stereocenters. The van der Waals surface area contributed by atoms with Gasteiger partial charge < -0.3 is 15.2 Å². The first-order chi connectivity index (χ1) is 10.1. The minimum atomic E-state index is -0.621. The van der Waals surface area contributed by atoms with Crippen molar-refractivity contribution in [1.29, 1.82) is 0 Å². The van der Waals surface area contributed by atoms with Crippen molar-refractivity contribution in [3.8, 4) is 5.75 Å². The molecule has 2 N–H and O–H groups in total. The van der Waals surface area contributed by atoms with Gasteiger partial charge in [0.1, 0.15) is 11.3 Å². The lowest BCUT2D eigenvalue weighted by Gasteiger charge is -2.08. The van der Waals surface area contributed by atoms with Gasteiger partial charge in [0.05, 0.1) is 13.0 Å². The Hall–Kier alpha value is -2.34. The first kappa shape index (κ1) is 15.1. The van der Waals surface area contributed by atoms with E-state index in [9.17, 15) is 14.7 Å². The molecule has 0 aliphatic carbocycles. The number of carbonyl (C=O) groups is 2. The fourth-order valence-electron chi connectivity index (χ4n) is 1.77. The molecule has 0 aliphatic heterocycles. The number of hydrogen-bond donors (Lipinski definition) is 2. The van der Waals surface area contributed by atoms with Crippen molar-refractivity contribution >= 4 is 28.9 Å². The maximum atomic E-state index is 11.9. The van der Waals surface area contributed by atoms with E-state index in [2.05, 4.69) is 5.32 Å². The highest BCUT2D eigenvalue weighted by molar-refractivity contribution is 7.08. The SMILES string of the molecule is CCOC(=O)c1cc(NC(=O)Cc2ccsc2)ccc1O. The number of thiophene rings is 1. The van der Waals surface area contributed by atoms with Crippen LogP contribution >= 0.6 is 11.3 Å². The fraction of sp³-hybridized carbons (Fsp3) is 0.200. The Morgan fingerprint density at radius 1 is 1.33 bits per heavy atom. The summed E-state index contributed by atoms with van der Waals surface area (Å²) in [6.07, 6.45) is 0.263. The van der Waals surface area contributed by atoms with Crippen LogP contribution in [0.5, 0.6) is 5.75 Å². The number of anilines is 1. The van der Waals surface area contributed by atoms with Gasteiger partial charge in [-0.2, -0.15) is 11.3 Å². The van der Waals surface area contributed by atoms with Gasteiger partial charge in [-0.05, 0) is 47.5 Å². The minimum Gasteiger partial charge on any atom is -0.507 e. The molecular weight excluding hydrogens is 290 g/mol. The Bertz CT molecular complexity index is 637. The molecule has 0 radical (unpaired) electrons. The van der Waals surface area contributed by atoms with E-state index in [0.29, 0.717) is 5.69 Å². The van der Waals surface area contributed by atoms with E-state index in [1.807, 2.05) is 16.8 Å². The van der Waals surface area contributed by atoms with Crippen molar-refractivity contribution in [3.05, 3.63) is 46.2 Å². The van der Waals surface area contributed by atoms with Crippen LogP contribution in [-0.2, 0) is 16.0 Å². The molecule has 6 heteroatoms. The highest BCUT2D eigenvalue weighted by Crippen LogP contribution is 2.22. The Morgan fingerprint density at radius 3 is 2.81 bits per heavy atom. The van der Waals surface area contributed by atoms with Gasteiger partial charge in [-0.1, -0.05) is 0 Å². The normalized spacial score (nSPS) is 10.1. The van der Waals surface area contributed by atoms with E-state index < -0.39 is 5.97 Å². The van der Waals surface area contributed by atoms with Crippen molar-refractivity contribution in [1.82, 2.24) is 0 Å². The molecule has 5 nitrogen and oxygen atoms in total. The highest BCUT2D eigenvalue weighted by Gasteiger charge is 2.14. The number of aromatic hydroxyl groups is 1. The monoisotopic (exact) mass is 305 g/mol. The summed E-state index contributed by atoms with van der Waals surface area (Å²) in [6, 6.07) is 6.17. The van der Waals surface area contributed by atoms with Crippen LogP contribution in [0.15, 0.2) is 35.0 Å². The van der Waals surface area contributed by atoms with Gasteiger partial charge in [0.2, 0.25) is 5.91 Å². The number of amides is 1. The third kappa shape index (κ3) is 4.06. The van der Waals surface area contributed by atoms with E-state index >= 15 is 0 Å². The zero-order valence-corrected chi connectivity index (χ0v) is 12.3.